The Hall–Kier alpha value is -4.08. The summed E-state index contributed by atoms with van der Waals surface area (Å²) in [5.41, 5.74) is 8.48. The molecule has 0 spiro atoms. The number of halogens is 1. The molecule has 0 fully saturated rings. The zero-order chi connectivity index (χ0) is 22.4. The van der Waals surface area contributed by atoms with Crippen LogP contribution in [0.1, 0.15) is 27.0 Å². The Kier molecular flexibility index (Phi) is 6.71. The number of aromatic hydroxyl groups is 1. The molecule has 0 bridgehead atoms. The van der Waals surface area contributed by atoms with E-state index < -0.39 is 5.91 Å². The maximum Gasteiger partial charge on any atom is 0.248 e. The van der Waals surface area contributed by atoms with Gasteiger partial charge >= 0.3 is 0 Å². The fourth-order valence-corrected chi connectivity index (χ4v) is 3.33. The minimum Gasteiger partial charge on any atom is -0.507 e. The highest BCUT2D eigenvalue weighted by Crippen LogP contribution is 2.21. The lowest BCUT2D eigenvalue weighted by Gasteiger charge is -2.06. The molecule has 1 heterocycles. The van der Waals surface area contributed by atoms with Crippen molar-refractivity contribution in [3.63, 3.8) is 0 Å². The van der Waals surface area contributed by atoms with E-state index >= 15 is 0 Å². The molecule has 0 unspecified atom stereocenters. The molecule has 0 saturated carbocycles. The van der Waals surface area contributed by atoms with Crippen LogP contribution in [-0.2, 0) is 6.54 Å². The highest BCUT2D eigenvalue weighted by Gasteiger charge is 2.06. The molecule has 3 aromatic carbocycles. The van der Waals surface area contributed by atoms with E-state index in [2.05, 4.69) is 29.0 Å². The van der Waals surface area contributed by atoms with Crippen LogP contribution in [0.3, 0.4) is 0 Å². The highest BCUT2D eigenvalue weighted by atomic mass is 35.5. The van der Waals surface area contributed by atoms with Crippen LogP contribution in [0.5, 0.6) is 5.75 Å². The van der Waals surface area contributed by atoms with E-state index in [0.717, 1.165) is 28.0 Å². The van der Waals surface area contributed by atoms with Gasteiger partial charge in [-0.05, 0) is 48.0 Å². The lowest BCUT2D eigenvalue weighted by Crippen LogP contribution is -2.10. The number of phenols is 1. The van der Waals surface area contributed by atoms with E-state index in [4.69, 9.17) is 33.1 Å². The SMILES string of the molecule is N#Cc1cc(C(N)=O)ccc1O.N=Cc1cccc2c1ccn2Cc1cccc(Cl)c1. The average molecular weight is 431 g/mol. The number of carbonyl (C=O) groups excluding carboxylic acids is 1. The van der Waals surface area contributed by atoms with Crippen molar-refractivity contribution in [3.05, 3.63) is 100 Å². The Balaban J connectivity index is 0.000000196. The molecule has 4 N–H and O–H groups in total. The standard InChI is InChI=1S/C16H13ClN2.C8H6N2O2/c17-14-5-1-3-12(9-14)11-19-8-7-15-13(10-18)4-2-6-16(15)19;9-4-6-3-5(8(10)12)1-2-7(6)11/h1-10,18H,11H2;1-3,11H,(H2,10,12). The van der Waals surface area contributed by atoms with Crippen molar-refractivity contribution in [2.75, 3.05) is 0 Å². The summed E-state index contributed by atoms with van der Waals surface area (Å²) in [4.78, 5) is 10.6. The molecule has 0 saturated heterocycles. The molecular weight excluding hydrogens is 412 g/mol. The number of nitrogens with zero attached hydrogens (tertiary/aromatic N) is 2. The number of fused-ring (bicyclic) bond motifs is 1. The van der Waals surface area contributed by atoms with Crippen LogP contribution in [0.25, 0.3) is 10.9 Å². The second-order valence-corrected chi connectivity index (χ2v) is 7.14. The van der Waals surface area contributed by atoms with E-state index in [-0.39, 0.29) is 16.9 Å². The molecule has 0 radical (unpaired) electrons. The molecule has 0 aliphatic carbocycles. The Morgan fingerprint density at radius 3 is 2.61 bits per heavy atom. The van der Waals surface area contributed by atoms with Gasteiger partial charge in [0.25, 0.3) is 0 Å². The lowest BCUT2D eigenvalue weighted by atomic mass is 10.1. The van der Waals surface area contributed by atoms with Gasteiger partial charge in [-0.15, -0.1) is 0 Å². The van der Waals surface area contributed by atoms with Crippen LogP contribution >= 0.6 is 11.6 Å². The highest BCUT2D eigenvalue weighted by molar-refractivity contribution is 6.30. The third kappa shape index (κ3) is 5.10. The first-order valence-corrected chi connectivity index (χ1v) is 9.66. The number of nitriles is 1. The normalized spacial score (nSPS) is 10.1. The first-order chi connectivity index (χ1) is 14.9. The number of carbonyl (C=O) groups is 1. The summed E-state index contributed by atoms with van der Waals surface area (Å²) in [7, 11) is 0. The molecule has 1 aromatic heterocycles. The van der Waals surface area contributed by atoms with Crippen LogP contribution in [0.2, 0.25) is 5.02 Å². The van der Waals surface area contributed by atoms with Gasteiger partial charge in [0.05, 0.1) is 5.56 Å². The number of hydrogen-bond acceptors (Lipinski definition) is 4. The van der Waals surface area contributed by atoms with Gasteiger partial charge in [0, 0.05) is 46.0 Å². The van der Waals surface area contributed by atoms with Gasteiger partial charge in [0.1, 0.15) is 11.8 Å². The largest absolute Gasteiger partial charge is 0.507 e. The van der Waals surface area contributed by atoms with Crippen LogP contribution in [0.15, 0.2) is 72.9 Å². The number of benzene rings is 3. The summed E-state index contributed by atoms with van der Waals surface area (Å²) in [5, 5.41) is 26.8. The molecule has 0 atom stereocenters. The number of phenolic OH excluding ortho intramolecular Hbond substituents is 1. The van der Waals surface area contributed by atoms with Crippen LogP contribution in [-0.4, -0.2) is 21.8 Å². The van der Waals surface area contributed by atoms with Gasteiger partial charge in [-0.2, -0.15) is 5.26 Å². The minimum atomic E-state index is -0.619. The number of hydrogen-bond donors (Lipinski definition) is 3. The maximum atomic E-state index is 10.6. The first kappa shape index (κ1) is 21.6. The molecule has 6 nitrogen and oxygen atoms in total. The molecule has 1 amide bonds. The third-order valence-electron chi connectivity index (χ3n) is 4.65. The second-order valence-electron chi connectivity index (χ2n) is 6.71. The summed E-state index contributed by atoms with van der Waals surface area (Å²) in [6.07, 6.45) is 3.45. The predicted octanol–water partition coefficient (Wildman–Crippen LogP) is 4.70. The smallest absolute Gasteiger partial charge is 0.248 e. The lowest BCUT2D eigenvalue weighted by molar-refractivity contribution is 0.1000. The number of nitrogens with one attached hydrogen (secondary N) is 1. The fourth-order valence-electron chi connectivity index (χ4n) is 3.12. The van der Waals surface area contributed by atoms with Crippen LogP contribution in [0.4, 0.5) is 0 Å². The Morgan fingerprint density at radius 2 is 1.94 bits per heavy atom. The average Bonchev–Trinajstić information content (AvgIpc) is 3.17. The summed E-state index contributed by atoms with van der Waals surface area (Å²) in [5.74, 6) is -0.769. The van der Waals surface area contributed by atoms with Crippen molar-refractivity contribution in [1.82, 2.24) is 4.57 Å². The summed E-state index contributed by atoms with van der Waals surface area (Å²) < 4.78 is 2.17. The molecule has 0 aliphatic heterocycles. The van der Waals surface area contributed by atoms with Crippen molar-refractivity contribution in [2.24, 2.45) is 5.73 Å². The number of amides is 1. The van der Waals surface area contributed by atoms with Gasteiger partial charge in [-0.25, -0.2) is 0 Å². The third-order valence-corrected chi connectivity index (χ3v) is 4.88. The van der Waals surface area contributed by atoms with Gasteiger partial charge < -0.3 is 20.8 Å². The van der Waals surface area contributed by atoms with E-state index in [9.17, 15) is 4.79 Å². The molecule has 4 aromatic rings. The molecule has 4 rings (SSSR count). The van der Waals surface area contributed by atoms with Crippen molar-refractivity contribution in [2.45, 2.75) is 6.54 Å². The number of nitrogens with two attached hydrogens (primary N) is 1. The van der Waals surface area contributed by atoms with Gasteiger partial charge in [-0.3, -0.25) is 4.79 Å². The van der Waals surface area contributed by atoms with Crippen molar-refractivity contribution < 1.29 is 9.90 Å². The Morgan fingerprint density at radius 1 is 1.16 bits per heavy atom. The molecular formula is C24H19ClN4O2. The summed E-state index contributed by atoms with van der Waals surface area (Å²) in [6.45, 7) is 0.783. The quantitative estimate of drug-likeness (QED) is 0.407. The van der Waals surface area contributed by atoms with E-state index in [1.54, 1.807) is 6.07 Å². The monoisotopic (exact) mass is 430 g/mol. The van der Waals surface area contributed by atoms with E-state index in [1.165, 1.54) is 30.0 Å². The molecule has 154 valence electrons. The van der Waals surface area contributed by atoms with Gasteiger partial charge in [0.2, 0.25) is 5.91 Å². The molecule has 0 aliphatic rings. The number of primary amides is 1. The van der Waals surface area contributed by atoms with Gasteiger partial charge in [-0.1, -0.05) is 35.9 Å². The topological polar surface area (TPSA) is 116 Å². The van der Waals surface area contributed by atoms with E-state index in [0.29, 0.717) is 0 Å². The zero-order valence-corrected chi connectivity index (χ0v) is 17.2. The van der Waals surface area contributed by atoms with Gasteiger partial charge in [0.15, 0.2) is 0 Å². The van der Waals surface area contributed by atoms with Crippen LogP contribution in [0, 0.1) is 16.7 Å². The Bertz CT molecular complexity index is 1300. The summed E-state index contributed by atoms with van der Waals surface area (Å²) >= 11 is 6.01. The van der Waals surface area contributed by atoms with Crippen molar-refractivity contribution in [3.8, 4) is 11.8 Å². The minimum absolute atomic E-state index is 0.0475. The maximum absolute atomic E-state index is 10.6. The number of aromatic nitrogens is 1. The van der Waals surface area contributed by atoms with Crippen molar-refractivity contribution in [1.29, 1.82) is 10.7 Å². The summed E-state index contributed by atoms with van der Waals surface area (Å²) in [6, 6.07) is 21.6. The number of rotatable bonds is 4. The Labute approximate surface area is 184 Å². The van der Waals surface area contributed by atoms with E-state index in [1.807, 2.05) is 30.3 Å². The fraction of sp³-hybridized carbons (Fsp3) is 0.0417. The first-order valence-electron chi connectivity index (χ1n) is 9.28. The second kappa shape index (κ2) is 9.61. The van der Waals surface area contributed by atoms with Crippen LogP contribution < -0.4 is 5.73 Å². The van der Waals surface area contributed by atoms with Crippen molar-refractivity contribution >= 4 is 34.6 Å². The predicted molar refractivity (Wildman–Crippen MR) is 122 cm³/mol. The molecule has 7 heteroatoms. The zero-order valence-electron chi connectivity index (χ0n) is 16.4. The molecule has 31 heavy (non-hydrogen) atoms.